The van der Waals surface area contributed by atoms with Crippen LogP contribution in [0.1, 0.15) is 37.7 Å². The lowest BCUT2D eigenvalue weighted by molar-refractivity contribution is 0.242. The molecule has 0 unspecified atom stereocenters. The maximum atomic E-state index is 5.54. The van der Waals surface area contributed by atoms with Crippen LogP contribution < -0.4 is 4.74 Å². The quantitative estimate of drug-likeness (QED) is 0.778. The van der Waals surface area contributed by atoms with Crippen LogP contribution in [0.4, 0.5) is 0 Å². The van der Waals surface area contributed by atoms with E-state index in [9.17, 15) is 0 Å². The number of hydrogen-bond donors (Lipinski definition) is 0. The minimum Gasteiger partial charge on any atom is -0.480 e. The molecule has 0 fully saturated rings. The Morgan fingerprint density at radius 1 is 1.47 bits per heavy atom. The largest absolute Gasteiger partial charge is 0.480 e. The van der Waals surface area contributed by atoms with Crippen molar-refractivity contribution in [2.24, 2.45) is 0 Å². The minimum atomic E-state index is 0.241. The molecular weight excluding hydrogens is 264 g/mol. The lowest BCUT2D eigenvalue weighted by Gasteiger charge is -2.02. The van der Waals surface area contributed by atoms with Crippen LogP contribution in [0, 0.1) is 0 Å². The topological polar surface area (TPSA) is 66.0 Å². The Morgan fingerprint density at radius 3 is 3.00 bits per heavy atom. The van der Waals surface area contributed by atoms with Gasteiger partial charge in [-0.1, -0.05) is 12.1 Å². The number of hydrogen-bond acceptors (Lipinski definition) is 6. The second-order valence-corrected chi connectivity index (χ2v) is 5.58. The van der Waals surface area contributed by atoms with E-state index in [1.54, 1.807) is 22.6 Å². The van der Waals surface area contributed by atoms with Gasteiger partial charge in [-0.3, -0.25) is 4.68 Å². The first-order valence-corrected chi connectivity index (χ1v) is 7.37. The molecule has 2 rings (SSSR count). The molecule has 104 valence electrons. The highest BCUT2D eigenvalue weighted by atomic mass is 32.2. The fraction of sp³-hybridized carbons (Fsp3) is 0.583. The van der Waals surface area contributed by atoms with Gasteiger partial charge in [0.25, 0.3) is 5.89 Å². The summed E-state index contributed by atoms with van der Waals surface area (Å²) in [5, 5.41) is 8.33. The average molecular weight is 282 g/mol. The van der Waals surface area contributed by atoms with Crippen LogP contribution in [0.3, 0.4) is 0 Å². The third-order valence-corrected chi connectivity index (χ3v) is 3.60. The molecule has 0 saturated carbocycles. The molecule has 1 atom stereocenters. The van der Waals surface area contributed by atoms with Crippen molar-refractivity contribution in [2.75, 3.05) is 5.75 Å². The SMILES string of the molecule is CCS[C@@H](C)c1noc(COc2cnn(CC)c2)n1. The Morgan fingerprint density at radius 2 is 2.32 bits per heavy atom. The van der Waals surface area contributed by atoms with E-state index in [-0.39, 0.29) is 11.9 Å². The van der Waals surface area contributed by atoms with Gasteiger partial charge in [-0.05, 0) is 19.6 Å². The number of nitrogens with zero attached hydrogens (tertiary/aromatic N) is 4. The van der Waals surface area contributed by atoms with Crippen molar-refractivity contribution in [3.8, 4) is 5.75 Å². The van der Waals surface area contributed by atoms with Gasteiger partial charge < -0.3 is 9.26 Å². The van der Waals surface area contributed by atoms with Gasteiger partial charge in [-0.25, -0.2) is 0 Å². The maximum Gasteiger partial charge on any atom is 0.264 e. The van der Waals surface area contributed by atoms with Crippen molar-refractivity contribution >= 4 is 11.8 Å². The summed E-state index contributed by atoms with van der Waals surface area (Å²) < 4.78 is 12.5. The predicted molar refractivity (Wildman–Crippen MR) is 73.1 cm³/mol. The van der Waals surface area contributed by atoms with Gasteiger partial charge in [-0.15, -0.1) is 0 Å². The first-order chi connectivity index (χ1) is 9.22. The van der Waals surface area contributed by atoms with Crippen LogP contribution in [-0.4, -0.2) is 25.7 Å². The third kappa shape index (κ3) is 3.73. The summed E-state index contributed by atoms with van der Waals surface area (Å²) in [5.41, 5.74) is 0. The summed E-state index contributed by atoms with van der Waals surface area (Å²) >= 11 is 1.78. The molecule has 6 nitrogen and oxygen atoms in total. The van der Waals surface area contributed by atoms with Gasteiger partial charge in [0.1, 0.15) is 0 Å². The van der Waals surface area contributed by atoms with Crippen molar-refractivity contribution in [2.45, 2.75) is 39.2 Å². The average Bonchev–Trinajstić information content (AvgIpc) is 3.06. The second kappa shape index (κ2) is 6.60. The molecule has 7 heteroatoms. The monoisotopic (exact) mass is 282 g/mol. The molecular formula is C12H18N4O2S. The van der Waals surface area contributed by atoms with Crippen LogP contribution in [0.15, 0.2) is 16.9 Å². The Bertz CT molecular complexity index is 511. The van der Waals surface area contributed by atoms with E-state index in [1.165, 1.54) is 0 Å². The molecule has 0 aliphatic carbocycles. The van der Waals surface area contributed by atoms with Crippen LogP contribution >= 0.6 is 11.8 Å². The number of thioether (sulfide) groups is 1. The first-order valence-electron chi connectivity index (χ1n) is 6.32. The molecule has 0 aromatic carbocycles. The summed E-state index contributed by atoms with van der Waals surface area (Å²) in [6.07, 6.45) is 3.52. The predicted octanol–water partition coefficient (Wildman–Crippen LogP) is 2.68. The lowest BCUT2D eigenvalue weighted by atomic mass is 10.4. The normalized spacial score (nSPS) is 12.6. The molecule has 0 saturated heterocycles. The standard InChI is InChI=1S/C12H18N4O2S/c1-4-16-7-10(6-13-16)17-8-11-14-12(15-18-11)9(3)19-5-2/h6-7,9H,4-5,8H2,1-3H3/t9-/m0/s1. The van der Waals surface area contributed by atoms with E-state index >= 15 is 0 Å². The van der Waals surface area contributed by atoms with E-state index in [1.807, 2.05) is 13.1 Å². The van der Waals surface area contributed by atoms with Gasteiger partial charge in [0.05, 0.1) is 17.6 Å². The van der Waals surface area contributed by atoms with Gasteiger partial charge in [-0.2, -0.15) is 21.8 Å². The lowest BCUT2D eigenvalue weighted by Crippen LogP contribution is -1.97. The fourth-order valence-electron chi connectivity index (χ4n) is 1.55. The third-order valence-electron chi connectivity index (χ3n) is 2.56. The summed E-state index contributed by atoms with van der Waals surface area (Å²) in [6, 6.07) is 0. The molecule has 0 spiro atoms. The summed E-state index contributed by atoms with van der Waals surface area (Å²) in [7, 11) is 0. The molecule has 19 heavy (non-hydrogen) atoms. The molecule has 0 bridgehead atoms. The Labute approximate surface area is 116 Å². The zero-order valence-corrected chi connectivity index (χ0v) is 12.2. The molecule has 2 aromatic heterocycles. The molecule has 2 aromatic rings. The van der Waals surface area contributed by atoms with E-state index in [0.717, 1.165) is 18.1 Å². The van der Waals surface area contributed by atoms with Crippen molar-refractivity contribution in [1.82, 2.24) is 19.9 Å². The number of ether oxygens (including phenoxy) is 1. The second-order valence-electron chi connectivity index (χ2n) is 3.96. The van der Waals surface area contributed by atoms with Crippen LogP contribution in [-0.2, 0) is 13.2 Å². The highest BCUT2D eigenvalue weighted by molar-refractivity contribution is 7.99. The number of rotatable bonds is 7. The Kier molecular flexibility index (Phi) is 4.84. The first kappa shape index (κ1) is 13.9. The smallest absolute Gasteiger partial charge is 0.264 e. The zero-order valence-electron chi connectivity index (χ0n) is 11.4. The van der Waals surface area contributed by atoms with Crippen molar-refractivity contribution in [3.63, 3.8) is 0 Å². The van der Waals surface area contributed by atoms with Gasteiger partial charge in [0.15, 0.2) is 18.2 Å². The van der Waals surface area contributed by atoms with E-state index in [4.69, 9.17) is 9.26 Å². The Hall–Kier alpha value is -1.50. The molecule has 0 radical (unpaired) electrons. The highest BCUT2D eigenvalue weighted by Gasteiger charge is 2.13. The summed E-state index contributed by atoms with van der Waals surface area (Å²) in [4.78, 5) is 4.32. The highest BCUT2D eigenvalue weighted by Crippen LogP contribution is 2.25. The van der Waals surface area contributed by atoms with Gasteiger partial charge in [0.2, 0.25) is 0 Å². The van der Waals surface area contributed by atoms with Crippen LogP contribution in [0.25, 0.3) is 0 Å². The number of aryl methyl sites for hydroxylation is 1. The van der Waals surface area contributed by atoms with E-state index < -0.39 is 0 Å². The maximum absolute atomic E-state index is 5.54. The summed E-state index contributed by atoms with van der Waals surface area (Å²) in [5.74, 6) is 2.94. The van der Waals surface area contributed by atoms with Crippen molar-refractivity contribution < 1.29 is 9.26 Å². The van der Waals surface area contributed by atoms with Crippen LogP contribution in [0.5, 0.6) is 5.75 Å². The van der Waals surface area contributed by atoms with Gasteiger partial charge >= 0.3 is 0 Å². The molecule has 0 aliphatic rings. The molecule has 0 aliphatic heterocycles. The van der Waals surface area contributed by atoms with Crippen molar-refractivity contribution in [3.05, 3.63) is 24.1 Å². The minimum absolute atomic E-state index is 0.241. The van der Waals surface area contributed by atoms with E-state index in [2.05, 4.69) is 29.1 Å². The summed E-state index contributed by atoms with van der Waals surface area (Å²) in [6.45, 7) is 7.28. The van der Waals surface area contributed by atoms with E-state index in [0.29, 0.717) is 11.6 Å². The molecule has 0 N–H and O–H groups in total. The van der Waals surface area contributed by atoms with Crippen LogP contribution in [0.2, 0.25) is 0 Å². The fourth-order valence-corrected chi connectivity index (χ4v) is 2.30. The van der Waals surface area contributed by atoms with Gasteiger partial charge in [0, 0.05) is 6.54 Å². The zero-order chi connectivity index (χ0) is 13.7. The Balaban J connectivity index is 1.89. The molecule has 2 heterocycles. The van der Waals surface area contributed by atoms with Crippen molar-refractivity contribution in [1.29, 1.82) is 0 Å². The number of aromatic nitrogens is 4. The molecule has 0 amide bonds.